The zero-order valence-electron chi connectivity index (χ0n) is 15.5. The molecule has 3 aromatic carbocycles. The Balaban J connectivity index is 1.92. The number of anilines is 2. The summed E-state index contributed by atoms with van der Waals surface area (Å²) in [4.78, 5) is 12.8. The summed E-state index contributed by atoms with van der Waals surface area (Å²) in [5.74, 6) is -0.483. The number of hydrogen-bond donors (Lipinski definition) is 1. The summed E-state index contributed by atoms with van der Waals surface area (Å²) in [6, 6.07) is 20.0. The molecule has 0 saturated carbocycles. The topological polar surface area (TPSA) is 66.5 Å². The van der Waals surface area contributed by atoms with Gasteiger partial charge in [-0.15, -0.1) is 0 Å². The standard InChI is InChI=1S/C21H18BrClN2O3S/c1-15-7-10-17(11-8-15)25(29(27,28)18-5-3-2-4-6-18)14-21(26)24-16-9-12-19(22)20(23)13-16/h2-13H,14H2,1H3,(H,24,26). The summed E-state index contributed by atoms with van der Waals surface area (Å²) in [6.07, 6.45) is 0. The van der Waals surface area contributed by atoms with Gasteiger partial charge in [0.05, 0.1) is 15.6 Å². The second-order valence-corrected chi connectivity index (χ2v) is 9.46. The Morgan fingerprint density at radius 3 is 2.31 bits per heavy atom. The number of aryl methyl sites for hydroxylation is 1. The van der Waals surface area contributed by atoms with E-state index < -0.39 is 15.9 Å². The number of hydrogen-bond acceptors (Lipinski definition) is 3. The van der Waals surface area contributed by atoms with Crippen molar-refractivity contribution in [2.24, 2.45) is 0 Å². The molecule has 5 nitrogen and oxygen atoms in total. The van der Waals surface area contributed by atoms with Crippen LogP contribution in [0.15, 0.2) is 82.2 Å². The largest absolute Gasteiger partial charge is 0.324 e. The van der Waals surface area contributed by atoms with Crippen molar-refractivity contribution in [1.29, 1.82) is 0 Å². The molecule has 1 amide bonds. The molecule has 0 heterocycles. The molecule has 150 valence electrons. The van der Waals surface area contributed by atoms with Gasteiger partial charge in [-0.25, -0.2) is 8.42 Å². The highest BCUT2D eigenvalue weighted by molar-refractivity contribution is 9.10. The van der Waals surface area contributed by atoms with Gasteiger partial charge in [0.15, 0.2) is 0 Å². The molecule has 0 radical (unpaired) electrons. The summed E-state index contributed by atoms with van der Waals surface area (Å²) >= 11 is 9.35. The number of carbonyl (C=O) groups is 1. The molecule has 0 spiro atoms. The number of carbonyl (C=O) groups excluding carboxylic acids is 1. The molecule has 0 aromatic heterocycles. The fraction of sp³-hybridized carbons (Fsp3) is 0.0952. The molecular formula is C21H18BrClN2O3S. The van der Waals surface area contributed by atoms with Crippen LogP contribution in [0.2, 0.25) is 5.02 Å². The quantitative estimate of drug-likeness (QED) is 0.510. The van der Waals surface area contributed by atoms with Gasteiger partial charge in [0.25, 0.3) is 10.0 Å². The monoisotopic (exact) mass is 492 g/mol. The van der Waals surface area contributed by atoms with E-state index in [0.717, 1.165) is 9.87 Å². The maximum Gasteiger partial charge on any atom is 0.264 e. The van der Waals surface area contributed by atoms with Crippen LogP contribution in [-0.4, -0.2) is 20.9 Å². The molecule has 0 unspecified atom stereocenters. The van der Waals surface area contributed by atoms with Crippen LogP contribution in [0, 0.1) is 6.92 Å². The van der Waals surface area contributed by atoms with Crippen molar-refractivity contribution in [1.82, 2.24) is 0 Å². The van der Waals surface area contributed by atoms with Gasteiger partial charge in [-0.05, 0) is 65.3 Å². The molecular weight excluding hydrogens is 476 g/mol. The first kappa shape index (κ1) is 21.4. The zero-order chi connectivity index (χ0) is 21.0. The number of rotatable bonds is 6. The van der Waals surface area contributed by atoms with Crippen molar-refractivity contribution in [2.45, 2.75) is 11.8 Å². The summed E-state index contributed by atoms with van der Waals surface area (Å²) in [7, 11) is -3.93. The number of halogens is 2. The molecule has 8 heteroatoms. The second kappa shape index (κ2) is 8.98. The third-order valence-corrected chi connectivity index (χ3v) is 7.16. The van der Waals surface area contributed by atoms with E-state index in [4.69, 9.17) is 11.6 Å². The van der Waals surface area contributed by atoms with Crippen LogP contribution in [0.1, 0.15) is 5.56 Å². The van der Waals surface area contributed by atoms with Crippen LogP contribution < -0.4 is 9.62 Å². The first-order valence-electron chi connectivity index (χ1n) is 8.67. The lowest BCUT2D eigenvalue weighted by molar-refractivity contribution is -0.114. The van der Waals surface area contributed by atoms with Crippen molar-refractivity contribution < 1.29 is 13.2 Å². The van der Waals surface area contributed by atoms with Crippen LogP contribution in [0.5, 0.6) is 0 Å². The molecule has 0 fully saturated rings. The average Bonchev–Trinajstić information content (AvgIpc) is 2.70. The first-order chi connectivity index (χ1) is 13.8. The smallest absolute Gasteiger partial charge is 0.264 e. The lowest BCUT2D eigenvalue weighted by atomic mass is 10.2. The van der Waals surface area contributed by atoms with Gasteiger partial charge in [-0.3, -0.25) is 9.10 Å². The van der Waals surface area contributed by atoms with E-state index >= 15 is 0 Å². The minimum atomic E-state index is -3.93. The predicted molar refractivity (Wildman–Crippen MR) is 120 cm³/mol. The molecule has 0 aliphatic carbocycles. The van der Waals surface area contributed by atoms with Crippen LogP contribution in [0.3, 0.4) is 0 Å². The highest BCUT2D eigenvalue weighted by Crippen LogP contribution is 2.27. The Hall–Kier alpha value is -2.35. The Kier molecular flexibility index (Phi) is 6.62. The Morgan fingerprint density at radius 1 is 1.03 bits per heavy atom. The maximum absolute atomic E-state index is 13.2. The van der Waals surface area contributed by atoms with E-state index in [-0.39, 0.29) is 11.4 Å². The molecule has 0 aliphatic heterocycles. The first-order valence-corrected chi connectivity index (χ1v) is 11.3. The van der Waals surface area contributed by atoms with Crippen molar-refractivity contribution in [3.05, 3.63) is 87.9 Å². The highest BCUT2D eigenvalue weighted by Gasteiger charge is 2.27. The number of nitrogens with one attached hydrogen (secondary N) is 1. The fourth-order valence-corrected chi connectivity index (χ4v) is 4.52. The maximum atomic E-state index is 13.2. The molecule has 3 rings (SSSR count). The molecule has 0 aliphatic rings. The van der Waals surface area contributed by atoms with E-state index in [0.29, 0.717) is 20.9 Å². The Morgan fingerprint density at radius 2 is 1.69 bits per heavy atom. The summed E-state index contributed by atoms with van der Waals surface area (Å²) in [5, 5.41) is 3.13. The van der Waals surface area contributed by atoms with Gasteiger partial charge in [-0.1, -0.05) is 47.5 Å². The van der Waals surface area contributed by atoms with Gasteiger partial charge < -0.3 is 5.32 Å². The molecule has 0 bridgehead atoms. The molecule has 1 N–H and O–H groups in total. The number of benzene rings is 3. The molecule has 0 saturated heterocycles. The van der Waals surface area contributed by atoms with E-state index in [2.05, 4.69) is 21.2 Å². The minimum absolute atomic E-state index is 0.111. The van der Waals surface area contributed by atoms with E-state index in [1.54, 1.807) is 60.7 Å². The van der Waals surface area contributed by atoms with Crippen molar-refractivity contribution in [3.63, 3.8) is 0 Å². The van der Waals surface area contributed by atoms with E-state index in [9.17, 15) is 13.2 Å². The minimum Gasteiger partial charge on any atom is -0.324 e. The highest BCUT2D eigenvalue weighted by atomic mass is 79.9. The van der Waals surface area contributed by atoms with Gasteiger partial charge >= 0.3 is 0 Å². The fourth-order valence-electron chi connectivity index (χ4n) is 2.65. The third-order valence-electron chi connectivity index (χ3n) is 4.14. The normalized spacial score (nSPS) is 11.1. The third kappa shape index (κ3) is 5.18. The lowest BCUT2D eigenvalue weighted by Gasteiger charge is -2.24. The van der Waals surface area contributed by atoms with Gasteiger partial charge in [0, 0.05) is 10.2 Å². The number of nitrogens with zero attached hydrogens (tertiary/aromatic N) is 1. The SMILES string of the molecule is Cc1ccc(N(CC(=O)Nc2ccc(Br)c(Cl)c2)S(=O)(=O)c2ccccc2)cc1. The summed E-state index contributed by atoms with van der Waals surface area (Å²) in [6.45, 7) is 1.53. The second-order valence-electron chi connectivity index (χ2n) is 6.34. The van der Waals surface area contributed by atoms with Crippen LogP contribution in [-0.2, 0) is 14.8 Å². The number of sulfonamides is 1. The van der Waals surface area contributed by atoms with E-state index in [1.807, 2.05) is 6.92 Å². The van der Waals surface area contributed by atoms with E-state index in [1.165, 1.54) is 12.1 Å². The zero-order valence-corrected chi connectivity index (χ0v) is 18.6. The van der Waals surface area contributed by atoms with Crippen molar-refractivity contribution in [2.75, 3.05) is 16.2 Å². The van der Waals surface area contributed by atoms with Crippen molar-refractivity contribution in [3.8, 4) is 0 Å². The van der Waals surface area contributed by atoms with Gasteiger partial charge in [-0.2, -0.15) is 0 Å². The molecule has 29 heavy (non-hydrogen) atoms. The Bertz CT molecular complexity index is 1120. The van der Waals surface area contributed by atoms with Crippen LogP contribution >= 0.6 is 27.5 Å². The predicted octanol–water partition coefficient (Wildman–Crippen LogP) is 5.24. The molecule has 0 atom stereocenters. The van der Waals surface area contributed by atoms with Gasteiger partial charge in [0.1, 0.15) is 6.54 Å². The van der Waals surface area contributed by atoms with Crippen molar-refractivity contribution >= 4 is 54.8 Å². The van der Waals surface area contributed by atoms with Crippen LogP contribution in [0.4, 0.5) is 11.4 Å². The summed E-state index contributed by atoms with van der Waals surface area (Å²) < 4.78 is 28.2. The van der Waals surface area contributed by atoms with Crippen LogP contribution in [0.25, 0.3) is 0 Å². The molecule has 3 aromatic rings. The lowest BCUT2D eigenvalue weighted by Crippen LogP contribution is -2.38. The summed E-state index contributed by atoms with van der Waals surface area (Å²) in [5.41, 5.74) is 1.87. The number of amides is 1. The van der Waals surface area contributed by atoms with Gasteiger partial charge in [0.2, 0.25) is 5.91 Å². The Labute approximate surface area is 183 Å². The average molecular weight is 494 g/mol.